The third kappa shape index (κ3) is 3.45. The van der Waals surface area contributed by atoms with Crippen LogP contribution in [-0.2, 0) is 0 Å². The molecular formula is C15H23FN2. The summed E-state index contributed by atoms with van der Waals surface area (Å²) in [7, 11) is 0. The smallest absolute Gasteiger partial charge is 0.146 e. The minimum absolute atomic E-state index is 0.154. The molecule has 1 aromatic rings. The molecule has 0 radical (unpaired) electrons. The van der Waals surface area contributed by atoms with E-state index in [0.717, 1.165) is 18.5 Å². The molecule has 1 fully saturated rings. The Morgan fingerprint density at radius 3 is 2.94 bits per heavy atom. The molecule has 2 N–H and O–H groups in total. The molecule has 100 valence electrons. The van der Waals surface area contributed by atoms with E-state index in [9.17, 15) is 4.39 Å². The van der Waals surface area contributed by atoms with Gasteiger partial charge in [0.15, 0.2) is 0 Å². The van der Waals surface area contributed by atoms with Gasteiger partial charge in [0.05, 0.1) is 5.69 Å². The summed E-state index contributed by atoms with van der Waals surface area (Å²) in [4.78, 5) is 0. The van der Waals surface area contributed by atoms with Gasteiger partial charge in [-0.25, -0.2) is 4.39 Å². The largest absolute Gasteiger partial charge is 0.380 e. The van der Waals surface area contributed by atoms with Crippen molar-refractivity contribution in [2.75, 3.05) is 11.9 Å². The Morgan fingerprint density at radius 2 is 2.28 bits per heavy atom. The number of para-hydroxylation sites is 1. The minimum Gasteiger partial charge on any atom is -0.380 e. The van der Waals surface area contributed by atoms with Crippen LogP contribution in [0, 0.1) is 12.7 Å². The maximum atomic E-state index is 13.7. The summed E-state index contributed by atoms with van der Waals surface area (Å²) in [5.74, 6) is -0.154. The van der Waals surface area contributed by atoms with Crippen LogP contribution in [0.3, 0.4) is 0 Å². The summed E-state index contributed by atoms with van der Waals surface area (Å²) in [6.07, 6.45) is 4.88. The number of rotatable bonds is 4. The molecule has 0 bridgehead atoms. The van der Waals surface area contributed by atoms with E-state index in [2.05, 4.69) is 17.6 Å². The average molecular weight is 250 g/mol. The first-order chi connectivity index (χ1) is 8.66. The Morgan fingerprint density at radius 1 is 1.44 bits per heavy atom. The van der Waals surface area contributed by atoms with Gasteiger partial charge in [-0.2, -0.15) is 0 Å². The Kier molecular flexibility index (Phi) is 4.59. The van der Waals surface area contributed by atoms with Crippen LogP contribution in [0.1, 0.15) is 38.2 Å². The highest BCUT2D eigenvalue weighted by Crippen LogP contribution is 2.21. The predicted molar refractivity (Wildman–Crippen MR) is 74.5 cm³/mol. The van der Waals surface area contributed by atoms with Crippen molar-refractivity contribution in [1.82, 2.24) is 5.32 Å². The molecule has 1 aliphatic heterocycles. The number of hydrogen-bond acceptors (Lipinski definition) is 2. The van der Waals surface area contributed by atoms with Gasteiger partial charge in [0.25, 0.3) is 0 Å². The van der Waals surface area contributed by atoms with Crippen molar-refractivity contribution in [3.05, 3.63) is 29.6 Å². The molecule has 0 aromatic heterocycles. The highest BCUT2D eigenvalue weighted by Gasteiger charge is 2.16. The summed E-state index contributed by atoms with van der Waals surface area (Å²) in [6, 6.07) is 6.07. The number of aryl methyl sites for hydroxylation is 1. The quantitative estimate of drug-likeness (QED) is 0.855. The number of benzene rings is 1. The van der Waals surface area contributed by atoms with Gasteiger partial charge in [0, 0.05) is 12.1 Å². The van der Waals surface area contributed by atoms with Gasteiger partial charge in [-0.05, 0) is 51.3 Å². The fourth-order valence-electron chi connectivity index (χ4n) is 2.67. The standard InChI is InChI=1S/C15H23FN2/c1-11-6-5-8-14(16)15(11)18-12(2)10-13-7-3-4-9-17-13/h5-6,8,12-13,17-18H,3-4,7,9-10H2,1-2H3. The zero-order chi connectivity index (χ0) is 13.0. The van der Waals surface area contributed by atoms with Gasteiger partial charge in [-0.15, -0.1) is 0 Å². The Hall–Kier alpha value is -1.09. The minimum atomic E-state index is -0.154. The van der Waals surface area contributed by atoms with Crippen LogP contribution in [0.15, 0.2) is 18.2 Å². The molecule has 1 aliphatic rings. The van der Waals surface area contributed by atoms with Crippen LogP contribution in [0.2, 0.25) is 0 Å². The highest BCUT2D eigenvalue weighted by molar-refractivity contribution is 5.52. The second-order valence-electron chi connectivity index (χ2n) is 5.36. The zero-order valence-electron chi connectivity index (χ0n) is 11.3. The van der Waals surface area contributed by atoms with Gasteiger partial charge in [0.2, 0.25) is 0 Å². The number of hydrogen-bond donors (Lipinski definition) is 2. The molecule has 2 atom stereocenters. The van der Waals surface area contributed by atoms with Crippen LogP contribution in [0.25, 0.3) is 0 Å². The summed E-state index contributed by atoms with van der Waals surface area (Å²) < 4.78 is 13.7. The topological polar surface area (TPSA) is 24.1 Å². The first-order valence-corrected chi connectivity index (χ1v) is 6.92. The van der Waals surface area contributed by atoms with Crippen LogP contribution in [-0.4, -0.2) is 18.6 Å². The fraction of sp³-hybridized carbons (Fsp3) is 0.600. The molecule has 18 heavy (non-hydrogen) atoms. The fourth-order valence-corrected chi connectivity index (χ4v) is 2.67. The normalized spacial score (nSPS) is 21.6. The van der Waals surface area contributed by atoms with E-state index < -0.39 is 0 Å². The highest BCUT2D eigenvalue weighted by atomic mass is 19.1. The molecule has 3 heteroatoms. The van der Waals surface area contributed by atoms with Crippen molar-refractivity contribution < 1.29 is 4.39 Å². The van der Waals surface area contributed by atoms with E-state index in [1.54, 1.807) is 6.07 Å². The lowest BCUT2D eigenvalue weighted by Gasteiger charge is -2.27. The molecule has 1 aromatic carbocycles. The summed E-state index contributed by atoms with van der Waals surface area (Å²) in [5, 5.41) is 6.84. The molecule has 1 saturated heterocycles. The summed E-state index contributed by atoms with van der Waals surface area (Å²) in [5.41, 5.74) is 1.62. The lowest BCUT2D eigenvalue weighted by molar-refractivity contribution is 0.371. The molecule has 0 spiro atoms. The van der Waals surface area contributed by atoms with Gasteiger partial charge in [-0.3, -0.25) is 0 Å². The molecule has 0 amide bonds. The predicted octanol–water partition coefficient (Wildman–Crippen LogP) is 3.47. The Balaban J connectivity index is 1.92. The molecule has 0 saturated carbocycles. The van der Waals surface area contributed by atoms with E-state index in [-0.39, 0.29) is 11.9 Å². The SMILES string of the molecule is Cc1cccc(F)c1NC(C)CC1CCCCN1. The molecule has 0 aliphatic carbocycles. The number of nitrogens with one attached hydrogen (secondary N) is 2. The van der Waals surface area contributed by atoms with E-state index in [0.29, 0.717) is 11.7 Å². The van der Waals surface area contributed by atoms with Gasteiger partial charge < -0.3 is 10.6 Å². The number of halogens is 1. The van der Waals surface area contributed by atoms with Crippen molar-refractivity contribution in [2.45, 2.75) is 51.6 Å². The van der Waals surface area contributed by atoms with Crippen molar-refractivity contribution >= 4 is 5.69 Å². The molecule has 2 unspecified atom stereocenters. The van der Waals surface area contributed by atoms with Crippen molar-refractivity contribution in [2.24, 2.45) is 0 Å². The van der Waals surface area contributed by atoms with E-state index in [4.69, 9.17) is 0 Å². The van der Waals surface area contributed by atoms with Crippen LogP contribution in [0.5, 0.6) is 0 Å². The van der Waals surface area contributed by atoms with E-state index >= 15 is 0 Å². The average Bonchev–Trinajstić information content (AvgIpc) is 2.35. The van der Waals surface area contributed by atoms with Crippen molar-refractivity contribution in [3.8, 4) is 0 Å². The Bertz CT molecular complexity index is 366. The van der Waals surface area contributed by atoms with Crippen molar-refractivity contribution in [1.29, 1.82) is 0 Å². The van der Waals surface area contributed by atoms with E-state index in [1.807, 2.05) is 13.0 Å². The van der Waals surface area contributed by atoms with Gasteiger partial charge in [0.1, 0.15) is 5.82 Å². The van der Waals surface area contributed by atoms with Crippen LogP contribution in [0.4, 0.5) is 10.1 Å². The zero-order valence-corrected chi connectivity index (χ0v) is 11.3. The third-order valence-electron chi connectivity index (χ3n) is 3.66. The molecule has 1 heterocycles. The third-order valence-corrected chi connectivity index (χ3v) is 3.66. The summed E-state index contributed by atoms with van der Waals surface area (Å²) in [6.45, 7) is 5.19. The van der Waals surface area contributed by atoms with E-state index in [1.165, 1.54) is 25.3 Å². The molecule has 2 nitrogen and oxygen atoms in total. The first kappa shape index (κ1) is 13.3. The second kappa shape index (κ2) is 6.19. The monoisotopic (exact) mass is 250 g/mol. The molecule has 2 rings (SSSR count). The first-order valence-electron chi connectivity index (χ1n) is 6.92. The number of piperidine rings is 1. The number of anilines is 1. The van der Waals surface area contributed by atoms with Crippen LogP contribution < -0.4 is 10.6 Å². The second-order valence-corrected chi connectivity index (χ2v) is 5.36. The summed E-state index contributed by atoms with van der Waals surface area (Å²) >= 11 is 0. The Labute approximate surface area is 109 Å². The van der Waals surface area contributed by atoms with Gasteiger partial charge in [-0.1, -0.05) is 18.6 Å². The van der Waals surface area contributed by atoms with Crippen molar-refractivity contribution in [3.63, 3.8) is 0 Å². The maximum Gasteiger partial charge on any atom is 0.146 e. The van der Waals surface area contributed by atoms with Gasteiger partial charge >= 0.3 is 0 Å². The lowest BCUT2D eigenvalue weighted by Crippen LogP contribution is -2.37. The maximum absolute atomic E-state index is 13.7. The van der Waals surface area contributed by atoms with Crippen LogP contribution >= 0.6 is 0 Å². The molecular weight excluding hydrogens is 227 g/mol. The lowest BCUT2D eigenvalue weighted by atomic mass is 9.98.